The van der Waals surface area contributed by atoms with Crippen molar-refractivity contribution in [1.82, 2.24) is 9.97 Å². The smallest absolute Gasteiger partial charge is 0.449 e. The van der Waals surface area contributed by atoms with Crippen molar-refractivity contribution in [2.45, 2.75) is 25.7 Å². The second-order valence-corrected chi connectivity index (χ2v) is 4.40. The first-order valence-corrected chi connectivity index (χ1v) is 6.49. The Labute approximate surface area is 117 Å². The zero-order chi connectivity index (χ0) is 14.2. The molecular formula is C15H16N2O3. The van der Waals surface area contributed by atoms with Crippen molar-refractivity contribution in [3.8, 4) is 5.88 Å². The Bertz CT molecular complexity index is 558. The van der Waals surface area contributed by atoms with Crippen LogP contribution in [0.5, 0.6) is 5.88 Å². The number of pyridine rings is 2. The van der Waals surface area contributed by atoms with Gasteiger partial charge in [-0.1, -0.05) is 12.1 Å². The van der Waals surface area contributed by atoms with Gasteiger partial charge in [0.2, 0.25) is 5.88 Å². The third-order valence-electron chi connectivity index (χ3n) is 2.92. The minimum atomic E-state index is -1.33. The van der Waals surface area contributed by atoms with E-state index in [0.29, 0.717) is 0 Å². The van der Waals surface area contributed by atoms with Crippen LogP contribution >= 0.6 is 0 Å². The molecule has 0 bridgehead atoms. The van der Waals surface area contributed by atoms with Gasteiger partial charge in [-0.3, -0.25) is 4.98 Å². The van der Waals surface area contributed by atoms with Crippen LogP contribution in [0.1, 0.15) is 24.0 Å². The maximum absolute atomic E-state index is 10.6. The highest BCUT2D eigenvalue weighted by Crippen LogP contribution is 2.17. The monoisotopic (exact) mass is 272 g/mol. The Kier molecular flexibility index (Phi) is 5.06. The predicted octanol–water partition coefficient (Wildman–Crippen LogP) is 3.10. The number of unbranched alkanes of at least 4 members (excludes halogenated alkanes) is 1. The number of hydrogen-bond donors (Lipinski definition) is 1. The molecule has 0 saturated carbocycles. The normalized spacial score (nSPS) is 10.2. The van der Waals surface area contributed by atoms with Gasteiger partial charge in [-0.15, -0.1) is 0 Å². The van der Waals surface area contributed by atoms with Gasteiger partial charge in [-0.2, -0.15) is 0 Å². The van der Waals surface area contributed by atoms with E-state index in [1.807, 2.05) is 18.3 Å². The molecule has 0 amide bonds. The second-order valence-electron chi connectivity index (χ2n) is 4.40. The lowest BCUT2D eigenvalue weighted by Crippen LogP contribution is -2.07. The molecule has 104 valence electrons. The van der Waals surface area contributed by atoms with Gasteiger partial charge in [0, 0.05) is 24.2 Å². The van der Waals surface area contributed by atoms with Crippen LogP contribution in [-0.4, -0.2) is 21.2 Å². The van der Waals surface area contributed by atoms with Crippen LogP contribution in [0, 0.1) is 0 Å². The number of aromatic nitrogens is 2. The molecule has 0 atom stereocenters. The van der Waals surface area contributed by atoms with Crippen LogP contribution in [0.15, 0.2) is 42.9 Å². The molecule has 2 rings (SSSR count). The molecule has 0 aliphatic heterocycles. The number of carboxylic acid groups (broad SMARTS) is 1. The van der Waals surface area contributed by atoms with E-state index < -0.39 is 6.16 Å². The van der Waals surface area contributed by atoms with Crippen molar-refractivity contribution >= 4 is 6.16 Å². The largest absolute Gasteiger partial charge is 0.512 e. The molecule has 0 spiro atoms. The molecule has 2 heterocycles. The lowest BCUT2D eigenvalue weighted by atomic mass is 10.1. The number of carbonyl (C=O) groups is 1. The van der Waals surface area contributed by atoms with Crippen LogP contribution in [0.3, 0.4) is 0 Å². The van der Waals surface area contributed by atoms with Gasteiger partial charge in [-0.25, -0.2) is 9.78 Å². The van der Waals surface area contributed by atoms with E-state index in [0.717, 1.165) is 31.2 Å². The Hall–Kier alpha value is -2.43. The first-order chi connectivity index (χ1) is 9.75. The lowest BCUT2D eigenvalue weighted by molar-refractivity contribution is 0.142. The van der Waals surface area contributed by atoms with Crippen molar-refractivity contribution in [1.29, 1.82) is 0 Å². The molecule has 5 nitrogen and oxygen atoms in total. The van der Waals surface area contributed by atoms with Crippen LogP contribution in [-0.2, 0) is 12.8 Å². The van der Waals surface area contributed by atoms with Gasteiger partial charge in [0.15, 0.2) is 0 Å². The van der Waals surface area contributed by atoms with E-state index in [1.165, 1.54) is 11.8 Å². The fourth-order valence-electron chi connectivity index (χ4n) is 1.98. The van der Waals surface area contributed by atoms with Crippen molar-refractivity contribution in [2.75, 3.05) is 0 Å². The Morgan fingerprint density at radius 3 is 2.70 bits per heavy atom. The third-order valence-corrected chi connectivity index (χ3v) is 2.92. The molecule has 0 aliphatic rings. The SMILES string of the molecule is O=C(O)Oc1ncccc1CCCCc1cccnc1. The Morgan fingerprint density at radius 2 is 1.95 bits per heavy atom. The number of nitrogens with zero attached hydrogens (tertiary/aromatic N) is 2. The van der Waals surface area contributed by atoms with Crippen LogP contribution in [0.2, 0.25) is 0 Å². The highest BCUT2D eigenvalue weighted by Gasteiger charge is 2.08. The zero-order valence-corrected chi connectivity index (χ0v) is 11.0. The molecule has 0 aromatic carbocycles. The summed E-state index contributed by atoms with van der Waals surface area (Å²) in [6, 6.07) is 7.60. The highest BCUT2D eigenvalue weighted by atomic mass is 16.7. The van der Waals surface area contributed by atoms with Crippen LogP contribution in [0.25, 0.3) is 0 Å². The summed E-state index contributed by atoms with van der Waals surface area (Å²) in [5.74, 6) is 0.182. The summed E-state index contributed by atoms with van der Waals surface area (Å²) in [6.07, 6.45) is 7.47. The molecule has 0 fully saturated rings. The summed E-state index contributed by atoms with van der Waals surface area (Å²) in [4.78, 5) is 18.6. The summed E-state index contributed by atoms with van der Waals surface area (Å²) in [5.41, 5.74) is 2.03. The van der Waals surface area contributed by atoms with Crippen LogP contribution < -0.4 is 4.74 Å². The molecule has 0 aliphatic carbocycles. The van der Waals surface area contributed by atoms with E-state index in [9.17, 15) is 4.79 Å². The van der Waals surface area contributed by atoms with Gasteiger partial charge in [0.05, 0.1) is 0 Å². The van der Waals surface area contributed by atoms with Gasteiger partial charge in [0.25, 0.3) is 0 Å². The fourth-order valence-corrected chi connectivity index (χ4v) is 1.98. The molecule has 5 heteroatoms. The van der Waals surface area contributed by atoms with Crippen LogP contribution in [0.4, 0.5) is 4.79 Å². The summed E-state index contributed by atoms with van der Waals surface area (Å²) in [7, 11) is 0. The Morgan fingerprint density at radius 1 is 1.15 bits per heavy atom. The first-order valence-electron chi connectivity index (χ1n) is 6.49. The quantitative estimate of drug-likeness (QED) is 0.646. The minimum absolute atomic E-state index is 0.182. The van der Waals surface area contributed by atoms with E-state index in [1.54, 1.807) is 12.3 Å². The fraction of sp³-hybridized carbons (Fsp3) is 0.267. The summed E-state index contributed by atoms with van der Waals surface area (Å²) in [6.45, 7) is 0. The summed E-state index contributed by atoms with van der Waals surface area (Å²) >= 11 is 0. The number of aryl methyl sites for hydroxylation is 2. The van der Waals surface area contributed by atoms with E-state index in [4.69, 9.17) is 5.11 Å². The van der Waals surface area contributed by atoms with Gasteiger partial charge >= 0.3 is 6.16 Å². The zero-order valence-electron chi connectivity index (χ0n) is 11.0. The van der Waals surface area contributed by atoms with E-state index in [-0.39, 0.29) is 5.88 Å². The molecule has 0 unspecified atom stereocenters. The maximum atomic E-state index is 10.6. The standard InChI is InChI=1S/C15H16N2O3/c18-15(19)20-14-13(8-4-10-17-14)7-2-1-5-12-6-3-9-16-11-12/h3-4,6,8-11H,1-2,5,7H2,(H,18,19). The van der Waals surface area contributed by atoms with Crippen molar-refractivity contribution in [3.63, 3.8) is 0 Å². The van der Waals surface area contributed by atoms with E-state index in [2.05, 4.69) is 20.8 Å². The van der Waals surface area contributed by atoms with Gasteiger partial charge < -0.3 is 9.84 Å². The number of hydrogen-bond acceptors (Lipinski definition) is 4. The highest BCUT2D eigenvalue weighted by molar-refractivity contribution is 5.60. The maximum Gasteiger partial charge on any atom is 0.512 e. The second kappa shape index (κ2) is 7.23. The van der Waals surface area contributed by atoms with E-state index >= 15 is 0 Å². The molecule has 1 N–H and O–H groups in total. The van der Waals surface area contributed by atoms with Gasteiger partial charge in [0.1, 0.15) is 0 Å². The third kappa shape index (κ3) is 4.35. The number of ether oxygens (including phenoxy) is 1. The molecular weight excluding hydrogens is 256 g/mol. The number of rotatable bonds is 6. The predicted molar refractivity (Wildman–Crippen MR) is 73.8 cm³/mol. The molecule has 2 aromatic heterocycles. The summed E-state index contributed by atoms with van der Waals surface area (Å²) < 4.78 is 4.66. The van der Waals surface area contributed by atoms with Crippen molar-refractivity contribution in [2.24, 2.45) is 0 Å². The van der Waals surface area contributed by atoms with Crippen molar-refractivity contribution in [3.05, 3.63) is 54.0 Å². The van der Waals surface area contributed by atoms with Crippen molar-refractivity contribution < 1.29 is 14.6 Å². The minimum Gasteiger partial charge on any atom is -0.449 e. The first kappa shape index (κ1) is 14.0. The molecule has 2 aromatic rings. The molecule has 20 heavy (non-hydrogen) atoms. The lowest BCUT2D eigenvalue weighted by Gasteiger charge is -2.06. The summed E-state index contributed by atoms with van der Waals surface area (Å²) in [5, 5.41) is 8.64. The average molecular weight is 272 g/mol. The topological polar surface area (TPSA) is 72.3 Å². The average Bonchev–Trinajstić information content (AvgIpc) is 2.46. The van der Waals surface area contributed by atoms with Gasteiger partial charge in [-0.05, 0) is 43.4 Å². The molecule has 0 saturated heterocycles. The molecule has 0 radical (unpaired) electrons. The Balaban J connectivity index is 1.83.